The van der Waals surface area contributed by atoms with Crippen LogP contribution in [0.4, 0.5) is 5.69 Å². The Hall–Kier alpha value is -1.96. The minimum atomic E-state index is -0.688. The summed E-state index contributed by atoms with van der Waals surface area (Å²) in [5, 5.41) is 23.2. The number of esters is 1. The maximum absolute atomic E-state index is 11.0. The number of rotatable bonds is 3. The molecule has 1 aliphatic rings. The van der Waals surface area contributed by atoms with Crippen LogP contribution in [0.25, 0.3) is 0 Å². The summed E-state index contributed by atoms with van der Waals surface area (Å²) < 4.78 is 6.11. The summed E-state index contributed by atoms with van der Waals surface area (Å²) in [4.78, 5) is 20.9. The summed E-state index contributed by atoms with van der Waals surface area (Å²) in [5.41, 5.74) is -0.156. The average Bonchev–Trinajstić information content (AvgIpc) is 2.82. The van der Waals surface area contributed by atoms with Crippen molar-refractivity contribution in [1.29, 1.82) is 0 Å². The molecule has 1 saturated heterocycles. The third kappa shape index (κ3) is 1.74. The molecule has 0 spiro atoms. The molecule has 0 saturated carbocycles. The number of aliphatic hydroxyl groups is 1. The van der Waals surface area contributed by atoms with Crippen molar-refractivity contribution in [2.75, 3.05) is 6.61 Å². The zero-order chi connectivity index (χ0) is 11.7. The van der Waals surface area contributed by atoms with Gasteiger partial charge >= 0.3 is 11.7 Å². The lowest BCUT2D eigenvalue weighted by atomic mass is 10.1. The van der Waals surface area contributed by atoms with Crippen molar-refractivity contribution in [3.63, 3.8) is 0 Å². The second-order valence-corrected chi connectivity index (χ2v) is 3.42. The van der Waals surface area contributed by atoms with Crippen molar-refractivity contribution in [3.05, 3.63) is 22.5 Å². The second-order valence-electron chi connectivity index (χ2n) is 3.42. The number of hydrogen-bond donors (Lipinski definition) is 1. The molecule has 0 bridgehead atoms. The van der Waals surface area contributed by atoms with E-state index in [0.717, 1.165) is 6.20 Å². The Morgan fingerprint density at radius 3 is 3.06 bits per heavy atom. The van der Waals surface area contributed by atoms with Crippen molar-refractivity contribution in [1.82, 2.24) is 9.78 Å². The molecule has 1 fully saturated rings. The van der Waals surface area contributed by atoms with Gasteiger partial charge in [-0.25, -0.2) is 0 Å². The number of ether oxygens (including phenoxy) is 1. The molecule has 1 aromatic heterocycles. The van der Waals surface area contributed by atoms with E-state index in [1.807, 2.05) is 0 Å². The van der Waals surface area contributed by atoms with Gasteiger partial charge in [0.15, 0.2) is 0 Å². The Balaban J connectivity index is 2.22. The van der Waals surface area contributed by atoms with Gasteiger partial charge in [-0.05, 0) is 0 Å². The Kier molecular flexibility index (Phi) is 2.57. The molecule has 2 unspecified atom stereocenters. The van der Waals surface area contributed by atoms with Gasteiger partial charge in [0.05, 0.1) is 18.0 Å². The van der Waals surface area contributed by atoms with Crippen LogP contribution in [0.2, 0.25) is 0 Å². The summed E-state index contributed by atoms with van der Waals surface area (Å²) in [6.45, 7) is -0.329. The molecule has 0 aromatic carbocycles. The molecular formula is C8H9N3O5. The summed E-state index contributed by atoms with van der Waals surface area (Å²) in [6, 6.07) is -0.480. The average molecular weight is 227 g/mol. The summed E-state index contributed by atoms with van der Waals surface area (Å²) in [5.74, 6) is -0.442. The fourth-order valence-corrected chi connectivity index (χ4v) is 1.62. The van der Waals surface area contributed by atoms with Crippen molar-refractivity contribution in [2.24, 2.45) is 0 Å². The first kappa shape index (κ1) is 10.6. The number of carbonyl (C=O) groups excluding carboxylic acids is 1. The van der Waals surface area contributed by atoms with E-state index in [9.17, 15) is 14.9 Å². The first-order valence-corrected chi connectivity index (χ1v) is 4.60. The molecule has 86 valence electrons. The molecule has 1 aromatic rings. The normalized spacial score (nSPS) is 24.4. The molecule has 0 radical (unpaired) electrons. The zero-order valence-corrected chi connectivity index (χ0v) is 8.15. The van der Waals surface area contributed by atoms with E-state index in [2.05, 4.69) is 5.10 Å². The van der Waals surface area contributed by atoms with Gasteiger partial charge in [-0.15, -0.1) is 0 Å². The lowest BCUT2D eigenvalue weighted by Gasteiger charge is -2.14. The van der Waals surface area contributed by atoms with E-state index < -0.39 is 23.0 Å². The van der Waals surface area contributed by atoms with Crippen LogP contribution >= 0.6 is 0 Å². The largest absolute Gasteiger partial charge is 0.458 e. The predicted octanol–water partition coefficient (Wildman–Crippen LogP) is -0.360. The van der Waals surface area contributed by atoms with Crippen molar-refractivity contribution < 1.29 is 19.6 Å². The molecular weight excluding hydrogens is 218 g/mol. The van der Waals surface area contributed by atoms with Crippen molar-refractivity contribution in [2.45, 2.75) is 18.6 Å². The van der Waals surface area contributed by atoms with Crippen LogP contribution in [0.3, 0.4) is 0 Å². The summed E-state index contributed by atoms with van der Waals surface area (Å²) in [7, 11) is 0. The van der Waals surface area contributed by atoms with Crippen molar-refractivity contribution >= 4 is 11.7 Å². The van der Waals surface area contributed by atoms with Gasteiger partial charge in [0.1, 0.15) is 24.5 Å². The SMILES string of the molecule is O=C1CC(n2cc([N+](=O)[O-])cn2)C(CO)O1. The summed E-state index contributed by atoms with van der Waals surface area (Å²) >= 11 is 0. The molecule has 16 heavy (non-hydrogen) atoms. The third-order valence-corrected chi connectivity index (χ3v) is 2.41. The lowest BCUT2D eigenvalue weighted by molar-refractivity contribution is -0.385. The maximum Gasteiger partial charge on any atom is 0.308 e. The number of carbonyl (C=O) groups is 1. The lowest BCUT2D eigenvalue weighted by Crippen LogP contribution is -2.24. The van der Waals surface area contributed by atoms with Crippen LogP contribution in [-0.2, 0) is 9.53 Å². The highest BCUT2D eigenvalue weighted by molar-refractivity contribution is 5.72. The Morgan fingerprint density at radius 2 is 2.50 bits per heavy atom. The molecule has 0 aliphatic carbocycles. The van der Waals surface area contributed by atoms with Crippen LogP contribution in [0.15, 0.2) is 12.4 Å². The second kappa shape index (κ2) is 3.89. The van der Waals surface area contributed by atoms with E-state index in [1.54, 1.807) is 0 Å². The minimum Gasteiger partial charge on any atom is -0.458 e. The van der Waals surface area contributed by atoms with Gasteiger partial charge < -0.3 is 9.84 Å². The van der Waals surface area contributed by atoms with Crippen LogP contribution < -0.4 is 0 Å². The van der Waals surface area contributed by atoms with E-state index in [-0.39, 0.29) is 18.7 Å². The van der Waals surface area contributed by atoms with E-state index in [1.165, 1.54) is 10.9 Å². The topological polar surface area (TPSA) is 107 Å². The first-order valence-electron chi connectivity index (χ1n) is 4.60. The molecule has 2 atom stereocenters. The van der Waals surface area contributed by atoms with Crippen LogP contribution in [0, 0.1) is 10.1 Å². The number of aliphatic hydroxyl groups excluding tert-OH is 1. The molecule has 2 heterocycles. The predicted molar refractivity (Wildman–Crippen MR) is 49.5 cm³/mol. The Labute approximate surface area is 89.6 Å². The minimum absolute atomic E-state index is 0.0596. The first-order chi connectivity index (χ1) is 7.61. The monoisotopic (exact) mass is 227 g/mol. The maximum atomic E-state index is 11.0. The van der Waals surface area contributed by atoms with E-state index >= 15 is 0 Å². The van der Waals surface area contributed by atoms with Crippen LogP contribution in [0.5, 0.6) is 0 Å². The Morgan fingerprint density at radius 1 is 1.75 bits per heavy atom. The molecule has 1 N–H and O–H groups in total. The number of nitrogens with zero attached hydrogens (tertiary/aromatic N) is 3. The van der Waals surface area contributed by atoms with E-state index in [0.29, 0.717) is 0 Å². The molecule has 0 amide bonds. The third-order valence-electron chi connectivity index (χ3n) is 2.41. The molecule has 2 rings (SSSR count). The number of hydrogen-bond acceptors (Lipinski definition) is 6. The van der Waals surface area contributed by atoms with Gasteiger partial charge in [0.25, 0.3) is 0 Å². The molecule has 1 aliphatic heterocycles. The van der Waals surface area contributed by atoms with Gasteiger partial charge in [0.2, 0.25) is 0 Å². The zero-order valence-electron chi connectivity index (χ0n) is 8.15. The number of nitro groups is 1. The quantitative estimate of drug-likeness (QED) is 0.429. The van der Waals surface area contributed by atoms with Crippen LogP contribution in [-0.4, -0.2) is 38.5 Å². The Bertz CT molecular complexity index is 429. The fraction of sp³-hybridized carbons (Fsp3) is 0.500. The fourth-order valence-electron chi connectivity index (χ4n) is 1.62. The van der Waals surface area contributed by atoms with Crippen molar-refractivity contribution in [3.8, 4) is 0 Å². The van der Waals surface area contributed by atoms with Gasteiger partial charge in [-0.1, -0.05) is 0 Å². The highest BCUT2D eigenvalue weighted by Gasteiger charge is 2.36. The van der Waals surface area contributed by atoms with Gasteiger partial charge in [-0.2, -0.15) is 5.10 Å². The van der Waals surface area contributed by atoms with Gasteiger partial charge in [0, 0.05) is 0 Å². The summed E-state index contributed by atoms with van der Waals surface area (Å²) in [6.07, 6.45) is 1.68. The molecule has 8 heteroatoms. The number of aromatic nitrogens is 2. The standard InChI is InChI=1S/C8H9N3O5/c12-4-7-6(1-8(13)16-7)10-3-5(2-9-10)11(14)15/h2-3,6-7,12H,1,4H2. The highest BCUT2D eigenvalue weighted by Crippen LogP contribution is 2.27. The number of cyclic esters (lactones) is 1. The smallest absolute Gasteiger partial charge is 0.308 e. The van der Waals surface area contributed by atoms with Crippen LogP contribution in [0.1, 0.15) is 12.5 Å². The van der Waals surface area contributed by atoms with E-state index in [4.69, 9.17) is 9.84 Å². The highest BCUT2D eigenvalue weighted by atomic mass is 16.6. The molecule has 8 nitrogen and oxygen atoms in total. The van der Waals surface area contributed by atoms with Gasteiger partial charge in [-0.3, -0.25) is 19.6 Å².